The number of hydrogen-bond acceptors (Lipinski definition) is 2. The zero-order chi connectivity index (χ0) is 15.2. The van der Waals surface area contributed by atoms with Crippen LogP contribution in [-0.2, 0) is 13.5 Å². The first-order valence-corrected chi connectivity index (χ1v) is 7.89. The third-order valence-corrected chi connectivity index (χ3v) is 4.00. The van der Waals surface area contributed by atoms with Crippen molar-refractivity contribution in [2.75, 3.05) is 6.54 Å². The minimum Gasteiger partial charge on any atom is -0.338 e. The molecule has 1 unspecified atom stereocenters. The fraction of sp³-hybridized carbons (Fsp3) is 0.471. The van der Waals surface area contributed by atoms with Gasteiger partial charge in [-0.3, -0.25) is 0 Å². The van der Waals surface area contributed by atoms with Gasteiger partial charge in [-0.2, -0.15) is 0 Å². The minimum absolute atomic E-state index is 0.473. The highest BCUT2D eigenvalue weighted by Gasteiger charge is 2.13. The summed E-state index contributed by atoms with van der Waals surface area (Å²) in [6.45, 7) is 5.33. The summed E-state index contributed by atoms with van der Waals surface area (Å²) in [7, 11) is 2.05. The number of hydrogen-bond donors (Lipinski definition) is 1. The second-order valence-corrected chi connectivity index (χ2v) is 6.24. The molecular weight excluding hydrogens is 282 g/mol. The molecule has 1 N–H and O–H groups in total. The predicted molar refractivity (Wildman–Crippen MR) is 88.9 cm³/mol. The Kier molecular flexibility index (Phi) is 5.83. The van der Waals surface area contributed by atoms with E-state index in [4.69, 9.17) is 11.6 Å². The number of benzene rings is 1. The van der Waals surface area contributed by atoms with Crippen LogP contribution in [0.4, 0.5) is 0 Å². The lowest BCUT2D eigenvalue weighted by Crippen LogP contribution is -2.28. The monoisotopic (exact) mass is 305 g/mol. The Balaban J connectivity index is 2.04. The summed E-state index contributed by atoms with van der Waals surface area (Å²) in [5.41, 5.74) is 1.33. The summed E-state index contributed by atoms with van der Waals surface area (Å²) < 4.78 is 2.09. The molecule has 4 heteroatoms. The van der Waals surface area contributed by atoms with Crippen LogP contribution in [0.15, 0.2) is 36.7 Å². The second kappa shape index (κ2) is 7.62. The Morgan fingerprint density at radius 2 is 1.95 bits per heavy atom. The van der Waals surface area contributed by atoms with Crippen LogP contribution in [0.1, 0.15) is 37.6 Å². The maximum Gasteiger partial charge on any atom is 0.108 e. The van der Waals surface area contributed by atoms with Crippen LogP contribution < -0.4 is 5.32 Å². The molecule has 0 bridgehead atoms. The molecule has 0 saturated carbocycles. The summed E-state index contributed by atoms with van der Waals surface area (Å²) in [6, 6.07) is 8.70. The van der Waals surface area contributed by atoms with Crippen molar-refractivity contribution in [1.29, 1.82) is 0 Å². The summed E-state index contributed by atoms with van der Waals surface area (Å²) in [5, 5.41) is 4.33. The molecular formula is C17H24ClN3. The van der Waals surface area contributed by atoms with Gasteiger partial charge in [-0.25, -0.2) is 4.98 Å². The highest BCUT2D eigenvalue weighted by Crippen LogP contribution is 2.23. The van der Waals surface area contributed by atoms with Crippen LogP contribution in [-0.4, -0.2) is 22.1 Å². The molecule has 0 amide bonds. The van der Waals surface area contributed by atoms with E-state index < -0.39 is 0 Å². The molecule has 1 atom stereocenters. The van der Waals surface area contributed by atoms with E-state index in [1.54, 1.807) is 0 Å². The molecule has 21 heavy (non-hydrogen) atoms. The quantitative estimate of drug-likeness (QED) is 0.843. The third-order valence-electron chi connectivity index (χ3n) is 3.75. The van der Waals surface area contributed by atoms with E-state index in [-0.39, 0.29) is 0 Å². The van der Waals surface area contributed by atoms with Gasteiger partial charge in [0.2, 0.25) is 0 Å². The molecule has 1 heterocycles. The number of aromatic nitrogens is 2. The van der Waals surface area contributed by atoms with Crippen LogP contribution in [0.5, 0.6) is 0 Å². The van der Waals surface area contributed by atoms with Crippen LogP contribution in [0.25, 0.3) is 0 Å². The van der Waals surface area contributed by atoms with Gasteiger partial charge in [0.1, 0.15) is 5.82 Å². The Bertz CT molecular complexity index is 545. The van der Waals surface area contributed by atoms with Gasteiger partial charge in [-0.05, 0) is 30.0 Å². The molecule has 0 radical (unpaired) electrons. The van der Waals surface area contributed by atoms with Crippen molar-refractivity contribution in [3.8, 4) is 0 Å². The molecule has 1 aromatic carbocycles. The molecule has 0 saturated heterocycles. The number of aryl methyl sites for hydroxylation is 2. The number of nitrogens with zero attached hydrogens (tertiary/aromatic N) is 2. The zero-order valence-corrected chi connectivity index (χ0v) is 13.8. The molecule has 0 fully saturated rings. The molecule has 3 nitrogen and oxygen atoms in total. The van der Waals surface area contributed by atoms with Gasteiger partial charge in [-0.15, -0.1) is 0 Å². The first-order valence-electron chi connectivity index (χ1n) is 7.51. The average molecular weight is 306 g/mol. The molecule has 0 aliphatic rings. The van der Waals surface area contributed by atoms with Gasteiger partial charge < -0.3 is 9.88 Å². The number of imidazole rings is 1. The van der Waals surface area contributed by atoms with E-state index in [1.165, 1.54) is 5.56 Å². The summed E-state index contributed by atoms with van der Waals surface area (Å²) in [6.07, 6.45) is 5.92. The van der Waals surface area contributed by atoms with Crippen molar-refractivity contribution < 1.29 is 0 Å². The Morgan fingerprint density at radius 3 is 2.52 bits per heavy atom. The van der Waals surface area contributed by atoms with Gasteiger partial charge in [-0.1, -0.05) is 37.6 Å². The molecule has 0 aliphatic carbocycles. The highest BCUT2D eigenvalue weighted by molar-refractivity contribution is 6.30. The predicted octanol–water partition coefficient (Wildman–Crippen LogP) is 3.79. The third kappa shape index (κ3) is 4.87. The lowest BCUT2D eigenvalue weighted by molar-refractivity contribution is 0.502. The van der Waals surface area contributed by atoms with E-state index in [0.717, 1.165) is 30.2 Å². The standard InChI is InChI=1S/C17H24ClN3/c1-13(2)20-12-15(14-4-7-16(18)8-5-14)6-9-17-19-10-11-21(17)3/h4-5,7-8,10-11,13,15,20H,6,9,12H2,1-3H3. The topological polar surface area (TPSA) is 29.9 Å². The van der Waals surface area contributed by atoms with E-state index in [2.05, 4.69) is 40.8 Å². The summed E-state index contributed by atoms with van der Waals surface area (Å²) in [4.78, 5) is 4.41. The van der Waals surface area contributed by atoms with Gasteiger partial charge in [0.15, 0.2) is 0 Å². The summed E-state index contributed by atoms with van der Waals surface area (Å²) >= 11 is 5.99. The molecule has 0 aliphatic heterocycles. The second-order valence-electron chi connectivity index (χ2n) is 5.80. The van der Waals surface area contributed by atoms with Gasteiger partial charge >= 0.3 is 0 Å². The van der Waals surface area contributed by atoms with Crippen molar-refractivity contribution in [3.63, 3.8) is 0 Å². The minimum atomic E-state index is 0.473. The van der Waals surface area contributed by atoms with Crippen molar-refractivity contribution in [3.05, 3.63) is 53.1 Å². The fourth-order valence-electron chi connectivity index (χ4n) is 2.44. The molecule has 114 valence electrons. The van der Waals surface area contributed by atoms with Gasteiger partial charge in [0.25, 0.3) is 0 Å². The SMILES string of the molecule is CC(C)NCC(CCc1nccn1C)c1ccc(Cl)cc1. The Hall–Kier alpha value is -1.32. The van der Waals surface area contributed by atoms with E-state index >= 15 is 0 Å². The molecule has 2 aromatic rings. The first-order chi connectivity index (χ1) is 10.1. The van der Waals surface area contributed by atoms with Gasteiger partial charge in [0.05, 0.1) is 0 Å². The van der Waals surface area contributed by atoms with E-state index in [9.17, 15) is 0 Å². The molecule has 0 spiro atoms. The highest BCUT2D eigenvalue weighted by atomic mass is 35.5. The van der Waals surface area contributed by atoms with Gasteiger partial charge in [0, 0.05) is 43.5 Å². The van der Waals surface area contributed by atoms with Crippen LogP contribution in [0.2, 0.25) is 5.02 Å². The summed E-state index contributed by atoms with van der Waals surface area (Å²) in [5.74, 6) is 1.61. The average Bonchev–Trinajstić information content (AvgIpc) is 2.85. The zero-order valence-electron chi connectivity index (χ0n) is 13.0. The van der Waals surface area contributed by atoms with E-state index in [0.29, 0.717) is 12.0 Å². The van der Waals surface area contributed by atoms with Crippen LogP contribution in [0.3, 0.4) is 0 Å². The molecule has 2 rings (SSSR count). The van der Waals surface area contributed by atoms with Crippen molar-refractivity contribution in [1.82, 2.24) is 14.9 Å². The van der Waals surface area contributed by atoms with Crippen molar-refractivity contribution in [2.24, 2.45) is 7.05 Å². The molecule has 1 aromatic heterocycles. The maximum atomic E-state index is 5.99. The maximum absolute atomic E-state index is 5.99. The normalized spacial score (nSPS) is 12.8. The number of nitrogens with one attached hydrogen (secondary N) is 1. The van der Waals surface area contributed by atoms with Crippen molar-refractivity contribution in [2.45, 2.75) is 38.6 Å². The lowest BCUT2D eigenvalue weighted by Gasteiger charge is -2.20. The number of rotatable bonds is 7. The first kappa shape index (κ1) is 16.1. The smallest absolute Gasteiger partial charge is 0.108 e. The Labute approximate surface area is 132 Å². The van der Waals surface area contributed by atoms with E-state index in [1.807, 2.05) is 31.6 Å². The lowest BCUT2D eigenvalue weighted by atomic mass is 9.93. The van der Waals surface area contributed by atoms with Crippen LogP contribution in [0, 0.1) is 0 Å². The largest absolute Gasteiger partial charge is 0.338 e. The van der Waals surface area contributed by atoms with Crippen LogP contribution >= 0.6 is 11.6 Å². The number of halogens is 1. The van der Waals surface area contributed by atoms with Crippen molar-refractivity contribution >= 4 is 11.6 Å². The fourth-order valence-corrected chi connectivity index (χ4v) is 2.57. The Morgan fingerprint density at radius 1 is 1.24 bits per heavy atom.